The van der Waals surface area contributed by atoms with Crippen molar-refractivity contribution in [1.29, 1.82) is 0 Å². The van der Waals surface area contributed by atoms with Gasteiger partial charge in [0.1, 0.15) is 0 Å². The second-order valence-electron chi connectivity index (χ2n) is 5.09. The van der Waals surface area contributed by atoms with Crippen LogP contribution >= 0.6 is 11.3 Å². The molecule has 1 aliphatic rings. The maximum Gasteiger partial charge on any atom is 0.276 e. The van der Waals surface area contributed by atoms with Crippen molar-refractivity contribution in [2.24, 2.45) is 5.92 Å². The maximum atomic E-state index is 12.3. The van der Waals surface area contributed by atoms with Crippen LogP contribution in [0.3, 0.4) is 0 Å². The van der Waals surface area contributed by atoms with Crippen LogP contribution in [0.25, 0.3) is 10.6 Å². The van der Waals surface area contributed by atoms with E-state index in [1.54, 1.807) is 29.2 Å². The summed E-state index contributed by atoms with van der Waals surface area (Å²) in [6.45, 7) is 3.01. The largest absolute Gasteiger partial charge is 0.393 e. The van der Waals surface area contributed by atoms with E-state index in [2.05, 4.69) is 5.16 Å². The van der Waals surface area contributed by atoms with Crippen LogP contribution in [-0.2, 0) is 0 Å². The number of likely N-dealkylation sites (tertiary alicyclic amines) is 1. The van der Waals surface area contributed by atoms with Crippen LogP contribution in [0.2, 0.25) is 0 Å². The number of nitrogens with zero attached hydrogens (tertiary/aromatic N) is 2. The first-order chi connectivity index (χ1) is 9.65. The zero-order chi connectivity index (χ0) is 14.1. The summed E-state index contributed by atoms with van der Waals surface area (Å²) >= 11 is 1.55. The highest BCUT2D eigenvalue weighted by atomic mass is 32.1. The van der Waals surface area contributed by atoms with Gasteiger partial charge >= 0.3 is 0 Å². The lowest BCUT2D eigenvalue weighted by Gasteiger charge is -2.16. The molecule has 2 unspecified atom stereocenters. The molecule has 1 saturated heterocycles. The van der Waals surface area contributed by atoms with Gasteiger partial charge in [0.25, 0.3) is 5.91 Å². The first-order valence-electron chi connectivity index (χ1n) is 6.63. The third-order valence-corrected chi connectivity index (χ3v) is 4.57. The third kappa shape index (κ3) is 2.48. The molecule has 0 spiro atoms. The quantitative estimate of drug-likeness (QED) is 0.942. The molecular weight excluding hydrogens is 276 g/mol. The van der Waals surface area contributed by atoms with Gasteiger partial charge in [0.05, 0.1) is 11.0 Å². The fourth-order valence-corrected chi connectivity index (χ4v) is 3.11. The molecule has 6 heteroatoms. The van der Waals surface area contributed by atoms with Gasteiger partial charge in [0.2, 0.25) is 0 Å². The number of carbonyl (C=O) groups is 1. The minimum Gasteiger partial charge on any atom is -0.393 e. The Morgan fingerprint density at radius 2 is 2.50 bits per heavy atom. The van der Waals surface area contributed by atoms with Crippen molar-refractivity contribution in [2.45, 2.75) is 19.4 Å². The lowest BCUT2D eigenvalue weighted by Crippen LogP contribution is -2.30. The van der Waals surface area contributed by atoms with Gasteiger partial charge in [-0.3, -0.25) is 4.79 Å². The summed E-state index contributed by atoms with van der Waals surface area (Å²) in [6, 6.07) is 5.54. The first kappa shape index (κ1) is 13.3. The Bertz CT molecular complexity index is 591. The number of aliphatic hydroxyl groups is 1. The highest BCUT2D eigenvalue weighted by molar-refractivity contribution is 7.13. The van der Waals surface area contributed by atoms with E-state index >= 15 is 0 Å². The van der Waals surface area contributed by atoms with Gasteiger partial charge in [-0.2, -0.15) is 0 Å². The molecule has 0 saturated carbocycles. The molecule has 2 atom stereocenters. The number of hydrogen-bond donors (Lipinski definition) is 1. The molecule has 1 fully saturated rings. The highest BCUT2D eigenvalue weighted by Crippen LogP contribution is 2.27. The minimum absolute atomic E-state index is 0.125. The fraction of sp³-hybridized carbons (Fsp3) is 0.429. The van der Waals surface area contributed by atoms with Gasteiger partial charge in [-0.15, -0.1) is 11.3 Å². The Hall–Kier alpha value is -1.66. The molecule has 106 valence electrons. The summed E-state index contributed by atoms with van der Waals surface area (Å²) in [5.41, 5.74) is 0.333. The molecule has 3 heterocycles. The monoisotopic (exact) mass is 292 g/mol. The first-order valence-corrected chi connectivity index (χ1v) is 7.51. The van der Waals surface area contributed by atoms with E-state index < -0.39 is 0 Å². The van der Waals surface area contributed by atoms with Crippen molar-refractivity contribution in [3.05, 3.63) is 29.3 Å². The molecular formula is C14H16N2O3S. The van der Waals surface area contributed by atoms with E-state index in [0.717, 1.165) is 11.3 Å². The number of aromatic nitrogens is 1. The number of amides is 1. The molecule has 2 aromatic rings. The molecule has 20 heavy (non-hydrogen) atoms. The molecule has 1 amide bonds. The number of hydrogen-bond acceptors (Lipinski definition) is 5. The second kappa shape index (κ2) is 5.38. The van der Waals surface area contributed by atoms with Crippen LogP contribution in [0.4, 0.5) is 0 Å². The summed E-state index contributed by atoms with van der Waals surface area (Å²) in [4.78, 5) is 15.0. The molecule has 1 N–H and O–H groups in total. The molecule has 0 radical (unpaired) electrons. The predicted octanol–water partition coefficient (Wildman–Crippen LogP) is 2.25. The van der Waals surface area contributed by atoms with Gasteiger partial charge in [-0.25, -0.2) is 0 Å². The molecule has 5 nitrogen and oxygen atoms in total. The molecule has 3 rings (SSSR count). The van der Waals surface area contributed by atoms with E-state index in [1.165, 1.54) is 0 Å². The lowest BCUT2D eigenvalue weighted by molar-refractivity contribution is 0.0752. The van der Waals surface area contributed by atoms with Gasteiger partial charge in [-0.05, 0) is 24.8 Å². The minimum atomic E-state index is -0.383. The van der Waals surface area contributed by atoms with Crippen LogP contribution in [0.15, 0.2) is 28.1 Å². The molecule has 0 aliphatic carbocycles. The third-order valence-electron chi connectivity index (χ3n) is 3.69. The Balaban J connectivity index is 1.72. The van der Waals surface area contributed by atoms with E-state index in [-0.39, 0.29) is 17.9 Å². The van der Waals surface area contributed by atoms with Crippen LogP contribution in [0, 0.1) is 5.92 Å². The molecule has 2 aromatic heterocycles. The van der Waals surface area contributed by atoms with Gasteiger partial charge < -0.3 is 14.5 Å². The van der Waals surface area contributed by atoms with Crippen LogP contribution in [-0.4, -0.2) is 40.3 Å². The molecule has 0 aromatic carbocycles. The van der Waals surface area contributed by atoms with Gasteiger partial charge in [0, 0.05) is 25.1 Å². The molecule has 0 bridgehead atoms. The van der Waals surface area contributed by atoms with Crippen molar-refractivity contribution >= 4 is 17.2 Å². The van der Waals surface area contributed by atoms with Crippen LogP contribution in [0.1, 0.15) is 23.8 Å². The zero-order valence-corrected chi connectivity index (χ0v) is 12.0. The van der Waals surface area contributed by atoms with Crippen molar-refractivity contribution in [1.82, 2.24) is 10.1 Å². The smallest absolute Gasteiger partial charge is 0.276 e. The van der Waals surface area contributed by atoms with E-state index in [1.807, 2.05) is 17.5 Å². The van der Waals surface area contributed by atoms with E-state index in [9.17, 15) is 9.90 Å². The topological polar surface area (TPSA) is 66.6 Å². The van der Waals surface area contributed by atoms with Crippen LogP contribution < -0.4 is 0 Å². The Morgan fingerprint density at radius 3 is 3.15 bits per heavy atom. The van der Waals surface area contributed by atoms with E-state index in [4.69, 9.17) is 4.52 Å². The standard InChI is InChI=1S/C14H16N2O3S/c1-9(17)10-4-5-16(8-10)14(18)11-7-12(19-15-11)13-3-2-6-20-13/h2-3,6-7,9-10,17H,4-5,8H2,1H3. The van der Waals surface area contributed by atoms with Crippen molar-refractivity contribution in [3.8, 4) is 10.6 Å². The normalized spacial score (nSPS) is 20.3. The average Bonchev–Trinajstić information content (AvgIpc) is 3.17. The van der Waals surface area contributed by atoms with Crippen molar-refractivity contribution in [3.63, 3.8) is 0 Å². The van der Waals surface area contributed by atoms with Gasteiger partial charge in [0.15, 0.2) is 11.5 Å². The zero-order valence-electron chi connectivity index (χ0n) is 11.2. The lowest BCUT2D eigenvalue weighted by atomic mass is 10.0. The number of carbonyl (C=O) groups excluding carboxylic acids is 1. The van der Waals surface area contributed by atoms with Crippen LogP contribution in [0.5, 0.6) is 0 Å². The fourth-order valence-electron chi connectivity index (χ4n) is 2.44. The Labute approximate surface area is 120 Å². The van der Waals surface area contributed by atoms with E-state index in [0.29, 0.717) is 24.5 Å². The van der Waals surface area contributed by atoms with Crippen molar-refractivity contribution in [2.75, 3.05) is 13.1 Å². The summed E-state index contributed by atoms with van der Waals surface area (Å²) in [6.07, 6.45) is 0.450. The van der Waals surface area contributed by atoms with Crippen molar-refractivity contribution < 1.29 is 14.4 Å². The Morgan fingerprint density at radius 1 is 1.65 bits per heavy atom. The Kier molecular flexibility index (Phi) is 3.58. The van der Waals surface area contributed by atoms with Gasteiger partial charge in [-0.1, -0.05) is 11.2 Å². The number of thiophene rings is 1. The predicted molar refractivity (Wildman–Crippen MR) is 75.5 cm³/mol. The molecule has 1 aliphatic heterocycles. The highest BCUT2D eigenvalue weighted by Gasteiger charge is 2.31. The average molecular weight is 292 g/mol. The number of aliphatic hydroxyl groups excluding tert-OH is 1. The number of rotatable bonds is 3. The second-order valence-corrected chi connectivity index (χ2v) is 6.04. The maximum absolute atomic E-state index is 12.3. The summed E-state index contributed by atoms with van der Waals surface area (Å²) in [5, 5.41) is 15.4. The summed E-state index contributed by atoms with van der Waals surface area (Å²) in [7, 11) is 0. The summed E-state index contributed by atoms with van der Waals surface area (Å²) in [5.74, 6) is 0.650. The summed E-state index contributed by atoms with van der Waals surface area (Å²) < 4.78 is 5.23. The SMILES string of the molecule is CC(O)C1CCN(C(=O)c2cc(-c3cccs3)on2)C1.